The van der Waals surface area contributed by atoms with Crippen molar-refractivity contribution in [2.24, 2.45) is 0 Å². The van der Waals surface area contributed by atoms with Crippen LogP contribution in [0.4, 0.5) is 0 Å². The molecule has 3 aliphatic heterocycles. The molecule has 79 heavy (non-hydrogen) atoms. The summed E-state index contributed by atoms with van der Waals surface area (Å²) >= 11 is 0. The number of aromatic amines is 2. The van der Waals surface area contributed by atoms with Crippen LogP contribution in [0.3, 0.4) is 0 Å². The molecule has 3 aliphatic rings. The van der Waals surface area contributed by atoms with E-state index in [0.717, 1.165) is 27.5 Å². The van der Waals surface area contributed by atoms with E-state index in [1.165, 1.54) is 48.9 Å². The Morgan fingerprint density at radius 1 is 0.684 bits per heavy atom. The number of benzene rings is 3. The van der Waals surface area contributed by atoms with Gasteiger partial charge in [0, 0.05) is 56.7 Å². The Balaban J connectivity index is 1.22. The number of Topliss-reactive ketones (excluding diaryl/α,β-unsaturated/α-hetero) is 1. The van der Waals surface area contributed by atoms with Crippen LogP contribution in [0.2, 0.25) is 0 Å². The zero-order chi connectivity index (χ0) is 56.3. The lowest BCUT2D eigenvalue weighted by molar-refractivity contribution is -0.158. The van der Waals surface area contributed by atoms with Crippen LogP contribution < -0.4 is 32.0 Å². The fraction of sp³-hybridized carbons (Fsp3) is 0.434. The maximum atomic E-state index is 16.1. The maximum absolute atomic E-state index is 16.1. The van der Waals surface area contributed by atoms with Gasteiger partial charge in [-0.1, -0.05) is 82.1 Å². The second-order valence-corrected chi connectivity index (χ2v) is 22.2. The summed E-state index contributed by atoms with van der Waals surface area (Å²) in [4.78, 5) is 81.0. The number of nitrogens with one attached hydrogen (secondary N) is 2. The van der Waals surface area contributed by atoms with E-state index in [0.29, 0.717) is 33.9 Å². The molecule has 5 heterocycles. The number of phosphoric ester groups is 1. The predicted octanol–water partition coefficient (Wildman–Crippen LogP) is 4.53. The molecule has 26 heteroatoms. The number of ketones is 1. The first kappa shape index (κ1) is 59.0. The van der Waals surface area contributed by atoms with Crippen LogP contribution in [0.5, 0.6) is 11.5 Å². The van der Waals surface area contributed by atoms with Crippen molar-refractivity contribution in [2.45, 2.75) is 86.7 Å². The van der Waals surface area contributed by atoms with Gasteiger partial charge in [0.15, 0.2) is 18.6 Å². The van der Waals surface area contributed by atoms with Crippen molar-refractivity contribution >= 4 is 41.2 Å². The molecule has 3 saturated heterocycles. The number of esters is 1. The number of hydrogen-bond acceptors (Lipinski definition) is 21. The van der Waals surface area contributed by atoms with Gasteiger partial charge < -0.3 is 47.4 Å². The molecule has 2 aromatic heterocycles. The van der Waals surface area contributed by atoms with Gasteiger partial charge in [-0.2, -0.15) is 0 Å². The first-order valence-corrected chi connectivity index (χ1v) is 28.7. The van der Waals surface area contributed by atoms with E-state index in [1.807, 2.05) is 54.6 Å². The van der Waals surface area contributed by atoms with Crippen molar-refractivity contribution in [3.8, 4) is 23.8 Å². The Hall–Kier alpha value is -6.11. The summed E-state index contributed by atoms with van der Waals surface area (Å²) in [6.07, 6.45) is -5.31. The number of rotatable bonds is 25. The summed E-state index contributed by atoms with van der Waals surface area (Å²) < 4.78 is 92.8. The summed E-state index contributed by atoms with van der Waals surface area (Å²) in [5.74, 6) is 3.00. The van der Waals surface area contributed by atoms with Gasteiger partial charge in [-0.25, -0.2) is 14.2 Å². The summed E-state index contributed by atoms with van der Waals surface area (Å²) in [6.45, 7) is 0.0411. The molecule has 0 aliphatic carbocycles. The Morgan fingerprint density at radius 3 is 1.71 bits per heavy atom. The topological polar surface area (TPSA) is 272 Å². The largest absolute Gasteiger partial charge is 0.497 e. The molecule has 11 atom stereocenters. The highest BCUT2D eigenvalue weighted by Gasteiger charge is 2.55. The van der Waals surface area contributed by atoms with Gasteiger partial charge in [-0.05, 0) is 47.9 Å². The van der Waals surface area contributed by atoms with Crippen LogP contribution in [-0.4, -0.2) is 139 Å². The second-order valence-electron chi connectivity index (χ2n) is 18.1. The lowest BCUT2D eigenvalue weighted by Gasteiger charge is -2.38. The van der Waals surface area contributed by atoms with E-state index in [2.05, 4.69) is 15.9 Å². The van der Waals surface area contributed by atoms with Crippen molar-refractivity contribution in [3.05, 3.63) is 162 Å². The zero-order valence-electron chi connectivity index (χ0n) is 43.5. The number of nitrogens with zero attached hydrogens (tertiary/aromatic N) is 2. The summed E-state index contributed by atoms with van der Waals surface area (Å²) in [5, 5.41) is 0. The lowest BCUT2D eigenvalue weighted by atomic mass is 9.80. The Bertz CT molecular complexity index is 3160. The number of carbonyl (C=O) groups excluding carboxylic acids is 2. The number of carbonyl (C=O) groups is 2. The normalized spacial score (nSPS) is 24.8. The molecule has 2 N–H and O–H groups in total. The third-order valence-corrected chi connectivity index (χ3v) is 17.1. The van der Waals surface area contributed by atoms with E-state index >= 15 is 4.57 Å². The molecule has 3 unspecified atom stereocenters. The molecule has 23 nitrogen and oxygen atoms in total. The molecule has 0 radical (unpaired) electrons. The summed E-state index contributed by atoms with van der Waals surface area (Å²) in [7, 11) is 3.42. The lowest BCUT2D eigenvalue weighted by Crippen LogP contribution is -2.43. The highest BCUT2D eigenvalue weighted by molar-refractivity contribution is 8.76. The Kier molecular flexibility index (Phi) is 20.1. The van der Waals surface area contributed by atoms with Crippen LogP contribution in [0.15, 0.2) is 123 Å². The van der Waals surface area contributed by atoms with Gasteiger partial charge >= 0.3 is 25.2 Å². The molecular weight excluding hydrogens is 1090 g/mol. The van der Waals surface area contributed by atoms with Crippen molar-refractivity contribution in [3.63, 3.8) is 0 Å². The number of hydrogen-bond donors (Lipinski definition) is 2. The van der Waals surface area contributed by atoms with Crippen LogP contribution in [0, 0.1) is 12.3 Å². The third kappa shape index (κ3) is 13.7. The molecule has 422 valence electrons. The standard InChI is InChI=1S/C53H59N4O19PS2/c1-7-27-69-40-30-78-79-31-41(40)75-77(64,71-29-39-45(74-44(61)22-13-32(2)58)47(67-5)49(73-39)56-25-23-42(59)54-51(56)62)76-46-38(72-50(48(46)68-6)57-26-24-43(60)55-52(57)63)28-70-53(33-11-9-8-10-12-33,34-14-18-36(65-3)19-15-34)35-16-20-37(66-4)21-17-35/h1,8-12,14-21,23-26,38-41,45-50H,13,22,27-31H2,2-6H3,(H,54,59,62)(H,55,60,63)/t38-,39?,40-,41?,45-,46-,47-,48-,49-,50-,77?/m1/s1. The minimum absolute atomic E-state index is 0.124. The number of phosphoric acid groups is 1. The third-order valence-electron chi connectivity index (χ3n) is 13.2. The molecule has 0 saturated carbocycles. The highest BCUT2D eigenvalue weighted by Crippen LogP contribution is 2.57. The number of H-pyrrole nitrogens is 2. The fourth-order valence-corrected chi connectivity index (χ4v) is 13.5. The molecular formula is C53H59N4O19PS2. The zero-order valence-corrected chi connectivity index (χ0v) is 46.1. The predicted molar refractivity (Wildman–Crippen MR) is 287 cm³/mol. The van der Waals surface area contributed by atoms with Gasteiger partial charge in [0.25, 0.3) is 11.1 Å². The maximum Gasteiger partial charge on any atom is 0.475 e. The Labute approximate surface area is 460 Å². The van der Waals surface area contributed by atoms with E-state index < -0.39 is 116 Å². The van der Waals surface area contributed by atoms with Gasteiger partial charge in [-0.15, -0.1) is 6.42 Å². The fourth-order valence-electron chi connectivity index (χ4n) is 9.35. The molecule has 5 aromatic rings. The average Bonchev–Trinajstić information content (AvgIpc) is 4.20. The monoisotopic (exact) mass is 1150 g/mol. The summed E-state index contributed by atoms with van der Waals surface area (Å²) in [5.41, 5.74) is -2.64. The van der Waals surface area contributed by atoms with Gasteiger partial charge in [0.1, 0.15) is 66.1 Å². The number of methoxy groups -OCH3 is 4. The van der Waals surface area contributed by atoms with Crippen LogP contribution in [-0.2, 0) is 66.5 Å². The minimum atomic E-state index is -5.13. The van der Waals surface area contributed by atoms with Crippen LogP contribution in [0.25, 0.3) is 0 Å². The van der Waals surface area contributed by atoms with E-state index in [9.17, 15) is 28.8 Å². The van der Waals surface area contributed by atoms with Crippen molar-refractivity contribution < 1.29 is 70.4 Å². The Morgan fingerprint density at radius 2 is 1.20 bits per heavy atom. The number of ether oxygens (including phenoxy) is 9. The number of terminal acetylenes is 1. The van der Waals surface area contributed by atoms with Gasteiger partial charge in [-0.3, -0.25) is 47.1 Å². The first-order chi connectivity index (χ1) is 38.1. The molecule has 3 fully saturated rings. The van der Waals surface area contributed by atoms with Crippen LogP contribution >= 0.6 is 29.4 Å². The van der Waals surface area contributed by atoms with Gasteiger partial charge in [0.2, 0.25) is 0 Å². The van der Waals surface area contributed by atoms with E-state index in [1.54, 1.807) is 38.5 Å². The summed E-state index contributed by atoms with van der Waals surface area (Å²) in [6, 6.07) is 26.1. The van der Waals surface area contributed by atoms with Crippen molar-refractivity contribution in [1.82, 2.24) is 19.1 Å². The van der Waals surface area contributed by atoms with E-state index in [4.69, 9.17) is 62.6 Å². The smallest absolute Gasteiger partial charge is 0.475 e. The van der Waals surface area contributed by atoms with Crippen LogP contribution in [0.1, 0.15) is 48.9 Å². The second kappa shape index (κ2) is 26.9. The molecule has 0 bridgehead atoms. The number of aromatic nitrogens is 4. The molecule has 0 spiro atoms. The van der Waals surface area contributed by atoms with E-state index in [-0.39, 0.29) is 31.0 Å². The molecule has 8 rings (SSSR count). The SMILES string of the molecule is C#CCO[C@@H]1CSSCC1OP(=O)(OCC1O[C@@H](n2ccc(=O)[nH]c2=O)[C@H](OC)[C@@H]1OC(=O)CCC(C)=O)O[C@H]1[C@@H](OC)[C@H](n2ccc(=O)[nH]c2=O)O[C@@H]1COC(c1ccccc1)(c1ccc(OC)cc1)c1ccc(OC)cc1. The average molecular weight is 1150 g/mol. The van der Waals surface area contributed by atoms with Crippen molar-refractivity contribution in [2.75, 3.05) is 59.8 Å². The minimum Gasteiger partial charge on any atom is -0.497 e. The first-order valence-electron chi connectivity index (χ1n) is 24.7. The van der Waals surface area contributed by atoms with Gasteiger partial charge in [0.05, 0.1) is 40.0 Å². The molecule has 3 aromatic carbocycles. The highest BCUT2D eigenvalue weighted by atomic mass is 33.1. The van der Waals surface area contributed by atoms with Crippen molar-refractivity contribution in [1.29, 1.82) is 0 Å². The quantitative estimate of drug-likeness (QED) is 0.0267. The molecule has 0 amide bonds.